The molecule has 1 unspecified atom stereocenters. The largest absolute Gasteiger partial charge is 0.479 e. The van der Waals surface area contributed by atoms with Crippen molar-refractivity contribution < 1.29 is 15.0 Å². The Kier molecular flexibility index (Phi) is 2.77. The van der Waals surface area contributed by atoms with Gasteiger partial charge in [-0.25, -0.2) is 4.79 Å². The van der Waals surface area contributed by atoms with E-state index in [1.165, 1.54) is 6.20 Å². The summed E-state index contributed by atoms with van der Waals surface area (Å²) in [5, 5.41) is 19.3. The Balaban J connectivity index is 2.75. The van der Waals surface area contributed by atoms with Crippen LogP contribution < -0.4 is 0 Å². The molecule has 0 saturated heterocycles. The van der Waals surface area contributed by atoms with Gasteiger partial charge in [0, 0.05) is 22.2 Å². The van der Waals surface area contributed by atoms with Crippen molar-refractivity contribution in [1.82, 2.24) is 4.98 Å². The van der Waals surface area contributed by atoms with E-state index in [4.69, 9.17) is 16.7 Å². The minimum Gasteiger partial charge on any atom is -0.479 e. The molecule has 1 heterocycles. The lowest BCUT2D eigenvalue weighted by Gasteiger charge is -2.10. The van der Waals surface area contributed by atoms with E-state index >= 15 is 0 Å². The molecule has 0 amide bonds. The lowest BCUT2D eigenvalue weighted by molar-refractivity contribution is -0.146. The van der Waals surface area contributed by atoms with Crippen LogP contribution in [-0.2, 0) is 4.79 Å². The fraction of sp³-hybridized carbons (Fsp3) is 0.0909. The Morgan fingerprint density at radius 1 is 1.38 bits per heavy atom. The van der Waals surface area contributed by atoms with Gasteiger partial charge < -0.3 is 10.2 Å². The van der Waals surface area contributed by atoms with Crippen LogP contribution >= 0.6 is 11.6 Å². The fourth-order valence-electron chi connectivity index (χ4n) is 1.53. The first-order valence-corrected chi connectivity index (χ1v) is 4.93. The highest BCUT2D eigenvalue weighted by Crippen LogP contribution is 2.29. The average molecular weight is 238 g/mol. The molecule has 2 aromatic rings. The number of aliphatic carboxylic acids is 1. The predicted octanol–water partition coefficient (Wildman–Crippen LogP) is 2.01. The monoisotopic (exact) mass is 237 g/mol. The normalized spacial score (nSPS) is 12.6. The third kappa shape index (κ3) is 1.73. The maximum Gasteiger partial charge on any atom is 0.337 e. The van der Waals surface area contributed by atoms with Crippen LogP contribution in [0.15, 0.2) is 30.5 Å². The van der Waals surface area contributed by atoms with Gasteiger partial charge in [-0.3, -0.25) is 4.98 Å². The average Bonchev–Trinajstić information content (AvgIpc) is 2.28. The number of aliphatic hydroxyl groups is 1. The molecule has 0 spiro atoms. The van der Waals surface area contributed by atoms with Crippen LogP contribution in [0.3, 0.4) is 0 Å². The number of hydrogen-bond donors (Lipinski definition) is 2. The van der Waals surface area contributed by atoms with Gasteiger partial charge in [0.2, 0.25) is 0 Å². The van der Waals surface area contributed by atoms with Crippen LogP contribution in [0, 0.1) is 0 Å². The van der Waals surface area contributed by atoms with Gasteiger partial charge in [-0.2, -0.15) is 0 Å². The maximum absolute atomic E-state index is 10.8. The smallest absolute Gasteiger partial charge is 0.337 e. The number of carboxylic acids is 1. The quantitative estimate of drug-likeness (QED) is 0.838. The molecule has 4 nitrogen and oxygen atoms in total. The predicted molar refractivity (Wildman–Crippen MR) is 59.3 cm³/mol. The standard InChI is InChI=1S/C11H8ClNO3/c12-7-4-3-6-2-1-5-13-9(6)8(7)10(14)11(15)16/h1-5,10,14H,(H,15,16). The zero-order chi connectivity index (χ0) is 11.7. The summed E-state index contributed by atoms with van der Waals surface area (Å²) in [7, 11) is 0. The number of pyridine rings is 1. The summed E-state index contributed by atoms with van der Waals surface area (Å²) < 4.78 is 0. The summed E-state index contributed by atoms with van der Waals surface area (Å²) in [6.45, 7) is 0. The molecule has 1 aromatic heterocycles. The van der Waals surface area contributed by atoms with Gasteiger partial charge in [-0.05, 0) is 12.1 Å². The van der Waals surface area contributed by atoms with E-state index in [1.807, 2.05) is 0 Å². The molecule has 0 bridgehead atoms. The number of nitrogens with zero attached hydrogens (tertiary/aromatic N) is 1. The van der Waals surface area contributed by atoms with E-state index in [9.17, 15) is 9.90 Å². The molecule has 1 atom stereocenters. The summed E-state index contributed by atoms with van der Waals surface area (Å²) in [5.41, 5.74) is 0.539. The first-order valence-electron chi connectivity index (χ1n) is 4.55. The first-order chi connectivity index (χ1) is 7.61. The summed E-state index contributed by atoms with van der Waals surface area (Å²) in [5.74, 6) is -1.35. The van der Waals surface area contributed by atoms with E-state index < -0.39 is 12.1 Å². The van der Waals surface area contributed by atoms with Gasteiger partial charge in [0.25, 0.3) is 0 Å². The number of carbonyl (C=O) groups is 1. The second kappa shape index (κ2) is 4.08. The number of rotatable bonds is 2. The Hall–Kier alpha value is -1.65. The lowest BCUT2D eigenvalue weighted by atomic mass is 10.0. The topological polar surface area (TPSA) is 70.4 Å². The molecule has 0 aliphatic rings. The zero-order valence-corrected chi connectivity index (χ0v) is 8.85. The maximum atomic E-state index is 10.8. The van der Waals surface area contributed by atoms with Crippen molar-refractivity contribution in [2.75, 3.05) is 0 Å². The molecule has 2 rings (SSSR count). The van der Waals surface area contributed by atoms with E-state index in [2.05, 4.69) is 4.98 Å². The van der Waals surface area contributed by atoms with Gasteiger partial charge in [-0.15, -0.1) is 0 Å². The zero-order valence-electron chi connectivity index (χ0n) is 8.09. The minimum atomic E-state index is -1.66. The van der Waals surface area contributed by atoms with Crippen LogP contribution in [-0.4, -0.2) is 21.2 Å². The van der Waals surface area contributed by atoms with Gasteiger partial charge in [0.05, 0.1) is 5.52 Å². The van der Waals surface area contributed by atoms with Crippen LogP contribution in [0.1, 0.15) is 11.7 Å². The van der Waals surface area contributed by atoms with Crippen molar-refractivity contribution in [2.24, 2.45) is 0 Å². The van der Waals surface area contributed by atoms with E-state index in [0.29, 0.717) is 5.52 Å². The number of halogens is 1. The molecule has 0 saturated carbocycles. The van der Waals surface area contributed by atoms with E-state index in [1.54, 1.807) is 24.3 Å². The second-order valence-electron chi connectivity index (χ2n) is 3.28. The van der Waals surface area contributed by atoms with E-state index in [-0.39, 0.29) is 10.6 Å². The van der Waals surface area contributed by atoms with Gasteiger partial charge in [0.15, 0.2) is 6.10 Å². The molecule has 82 valence electrons. The third-order valence-electron chi connectivity index (χ3n) is 2.27. The van der Waals surface area contributed by atoms with Gasteiger partial charge >= 0.3 is 5.97 Å². The van der Waals surface area contributed by atoms with Crippen molar-refractivity contribution in [3.63, 3.8) is 0 Å². The molecule has 2 N–H and O–H groups in total. The van der Waals surface area contributed by atoms with E-state index in [0.717, 1.165) is 5.39 Å². The minimum absolute atomic E-state index is 0.132. The summed E-state index contributed by atoms with van der Waals surface area (Å²) >= 11 is 5.88. The molecule has 1 aromatic carbocycles. The second-order valence-corrected chi connectivity index (χ2v) is 3.68. The molecule has 5 heteroatoms. The number of aromatic nitrogens is 1. The van der Waals surface area contributed by atoms with Crippen LogP contribution in [0.4, 0.5) is 0 Å². The Morgan fingerprint density at radius 2 is 2.12 bits per heavy atom. The van der Waals surface area contributed by atoms with Crippen LogP contribution in [0.25, 0.3) is 10.9 Å². The highest BCUT2D eigenvalue weighted by atomic mass is 35.5. The molecule has 16 heavy (non-hydrogen) atoms. The molecule has 0 radical (unpaired) electrons. The van der Waals surface area contributed by atoms with Crippen molar-refractivity contribution in [1.29, 1.82) is 0 Å². The van der Waals surface area contributed by atoms with Crippen molar-refractivity contribution in [2.45, 2.75) is 6.10 Å². The van der Waals surface area contributed by atoms with Crippen LogP contribution in [0.5, 0.6) is 0 Å². The summed E-state index contributed by atoms with van der Waals surface area (Å²) in [4.78, 5) is 14.8. The van der Waals surface area contributed by atoms with Gasteiger partial charge in [-0.1, -0.05) is 23.7 Å². The number of aliphatic hydroxyl groups excluding tert-OH is 1. The van der Waals surface area contributed by atoms with Gasteiger partial charge in [0.1, 0.15) is 0 Å². The van der Waals surface area contributed by atoms with Crippen molar-refractivity contribution in [3.05, 3.63) is 41.0 Å². The van der Waals surface area contributed by atoms with Crippen LogP contribution in [0.2, 0.25) is 5.02 Å². The Morgan fingerprint density at radius 3 is 2.81 bits per heavy atom. The molecule has 0 fully saturated rings. The number of benzene rings is 1. The number of carboxylic acid groups (broad SMARTS) is 1. The molecular weight excluding hydrogens is 230 g/mol. The third-order valence-corrected chi connectivity index (χ3v) is 2.60. The molecular formula is C11H8ClNO3. The molecule has 0 aliphatic heterocycles. The lowest BCUT2D eigenvalue weighted by Crippen LogP contribution is -2.11. The fourth-order valence-corrected chi connectivity index (χ4v) is 1.78. The highest BCUT2D eigenvalue weighted by molar-refractivity contribution is 6.32. The Labute approximate surface area is 96.1 Å². The van der Waals surface area contributed by atoms with Crippen molar-refractivity contribution >= 4 is 28.5 Å². The Bertz CT molecular complexity index is 556. The SMILES string of the molecule is O=C(O)C(O)c1c(Cl)ccc2cccnc12. The summed E-state index contributed by atoms with van der Waals surface area (Å²) in [6.07, 6.45) is -0.136. The number of fused-ring (bicyclic) bond motifs is 1. The summed E-state index contributed by atoms with van der Waals surface area (Å²) in [6, 6.07) is 6.78. The molecule has 0 aliphatic carbocycles. The highest BCUT2D eigenvalue weighted by Gasteiger charge is 2.22. The van der Waals surface area contributed by atoms with Crippen molar-refractivity contribution in [3.8, 4) is 0 Å². The first kappa shape index (κ1) is 10.9. The number of hydrogen-bond acceptors (Lipinski definition) is 3.